The highest BCUT2D eigenvalue weighted by Crippen LogP contribution is 2.60. The van der Waals surface area contributed by atoms with Crippen LogP contribution in [0.25, 0.3) is 0 Å². The van der Waals surface area contributed by atoms with E-state index >= 15 is 4.11 Å². The Morgan fingerprint density at radius 2 is 1.68 bits per heavy atom. The highest BCUT2D eigenvalue weighted by atomic mass is 28.4. The standard InChI is InChI=1S/C42H44FN5O7Si/c1-28-40(56(2,3)43)37(25-39(51)45(22-23-49)26-29-10-6-4-7-11-29)55-42(28)34-24-33(48(53)54)18-20-36(34)46(41(42)52)27-30-14-16-32(17-15-30)47-38(50)21-19-35(44-47)31-12-8-5-9-13-31/h4-18,20,24,28,37,40,49H,19,21-23,25-27H2,1-3H3/t28-,37+,40-,42+/m1/s1. The lowest BCUT2D eigenvalue weighted by atomic mass is 9.82. The number of hydrazone groups is 1. The van der Waals surface area contributed by atoms with Gasteiger partial charge in [0.05, 0.1) is 47.7 Å². The number of rotatable bonds is 12. The number of aliphatic hydroxyl groups excluding tert-OH is 1. The number of anilines is 2. The predicted octanol–water partition coefficient (Wildman–Crippen LogP) is 6.86. The van der Waals surface area contributed by atoms with Gasteiger partial charge in [-0.2, -0.15) is 5.10 Å². The number of non-ortho nitro benzene ring substituents is 1. The molecule has 4 aromatic carbocycles. The first-order valence-electron chi connectivity index (χ1n) is 18.8. The first-order valence-corrected chi connectivity index (χ1v) is 21.7. The Morgan fingerprint density at radius 3 is 2.32 bits per heavy atom. The second-order valence-electron chi connectivity index (χ2n) is 15.1. The highest BCUT2D eigenvalue weighted by Gasteiger charge is 2.67. The molecular formula is C42H44FN5O7Si. The van der Waals surface area contributed by atoms with Crippen molar-refractivity contribution in [2.45, 2.75) is 69.6 Å². The number of nitro benzene ring substituents is 1. The van der Waals surface area contributed by atoms with Gasteiger partial charge in [0.15, 0.2) is 5.60 Å². The highest BCUT2D eigenvalue weighted by molar-refractivity contribution is 6.72. The van der Waals surface area contributed by atoms with Crippen LogP contribution in [0, 0.1) is 16.0 Å². The van der Waals surface area contributed by atoms with Crippen LogP contribution in [0.4, 0.5) is 21.2 Å². The third-order valence-electron chi connectivity index (χ3n) is 11.1. The number of nitrogens with zero attached hydrogens (tertiary/aromatic N) is 5. The number of fused-ring (bicyclic) bond motifs is 2. The molecule has 290 valence electrons. The van der Waals surface area contributed by atoms with Gasteiger partial charge in [-0.25, -0.2) is 5.01 Å². The molecule has 1 saturated heterocycles. The molecule has 0 aliphatic carbocycles. The number of aliphatic hydroxyl groups is 1. The van der Waals surface area contributed by atoms with Crippen LogP contribution >= 0.6 is 0 Å². The van der Waals surface area contributed by atoms with Crippen molar-refractivity contribution in [1.29, 1.82) is 0 Å². The van der Waals surface area contributed by atoms with Crippen LogP contribution in [-0.4, -0.2) is 66.0 Å². The fourth-order valence-corrected chi connectivity index (χ4v) is 11.0. The van der Waals surface area contributed by atoms with Gasteiger partial charge in [0.2, 0.25) is 20.2 Å². The van der Waals surface area contributed by atoms with E-state index in [2.05, 4.69) is 5.10 Å². The number of hydrogen-bond acceptors (Lipinski definition) is 8. The molecule has 0 unspecified atom stereocenters. The Morgan fingerprint density at radius 1 is 1.00 bits per heavy atom. The Kier molecular flexibility index (Phi) is 10.7. The monoisotopic (exact) mass is 777 g/mol. The quantitative estimate of drug-likeness (QED) is 0.0716. The molecule has 1 fully saturated rings. The van der Waals surface area contributed by atoms with Crippen molar-refractivity contribution in [2.24, 2.45) is 11.0 Å². The molecule has 0 aromatic heterocycles. The molecule has 0 bridgehead atoms. The van der Waals surface area contributed by atoms with Crippen LogP contribution in [0.1, 0.15) is 48.4 Å². The lowest BCUT2D eigenvalue weighted by Crippen LogP contribution is -2.45. The van der Waals surface area contributed by atoms with E-state index in [4.69, 9.17) is 4.74 Å². The number of benzene rings is 4. The van der Waals surface area contributed by atoms with Crippen LogP contribution in [-0.2, 0) is 37.8 Å². The minimum Gasteiger partial charge on any atom is -0.395 e. The minimum atomic E-state index is -3.67. The van der Waals surface area contributed by atoms with Gasteiger partial charge >= 0.3 is 0 Å². The zero-order valence-electron chi connectivity index (χ0n) is 31.5. The maximum atomic E-state index is 16.5. The van der Waals surface area contributed by atoms with Crippen LogP contribution in [0.3, 0.4) is 0 Å². The second-order valence-corrected chi connectivity index (χ2v) is 18.9. The Hall–Kier alpha value is -5.57. The fraction of sp³-hybridized carbons (Fsp3) is 0.333. The lowest BCUT2D eigenvalue weighted by molar-refractivity contribution is -0.385. The molecule has 56 heavy (non-hydrogen) atoms. The van der Waals surface area contributed by atoms with Gasteiger partial charge < -0.3 is 23.8 Å². The molecule has 0 radical (unpaired) electrons. The Bertz CT molecular complexity index is 2170. The number of hydrogen-bond donors (Lipinski definition) is 1. The van der Waals surface area contributed by atoms with E-state index in [1.807, 2.05) is 60.7 Å². The molecule has 1 N–H and O–H groups in total. The summed E-state index contributed by atoms with van der Waals surface area (Å²) in [6.07, 6.45) is -0.424. The van der Waals surface area contributed by atoms with E-state index in [0.717, 1.165) is 16.8 Å². The van der Waals surface area contributed by atoms with Crippen molar-refractivity contribution >= 4 is 48.9 Å². The van der Waals surface area contributed by atoms with Crippen LogP contribution in [0.2, 0.25) is 18.6 Å². The summed E-state index contributed by atoms with van der Waals surface area (Å²) in [5, 5.41) is 27.9. The van der Waals surface area contributed by atoms with Gasteiger partial charge in [-0.05, 0) is 48.0 Å². The van der Waals surface area contributed by atoms with Crippen LogP contribution < -0.4 is 9.91 Å². The molecule has 0 saturated carbocycles. The van der Waals surface area contributed by atoms with Crippen molar-refractivity contribution in [3.05, 3.63) is 135 Å². The molecule has 4 aromatic rings. The number of carbonyl (C=O) groups excluding carboxylic acids is 3. The van der Waals surface area contributed by atoms with Crippen LogP contribution in [0.15, 0.2) is 108 Å². The van der Waals surface area contributed by atoms with E-state index in [0.29, 0.717) is 29.8 Å². The summed E-state index contributed by atoms with van der Waals surface area (Å²) >= 11 is 0. The van der Waals surface area contributed by atoms with Gasteiger partial charge in [-0.3, -0.25) is 24.5 Å². The maximum Gasteiger partial charge on any atom is 0.269 e. The van der Waals surface area contributed by atoms with Gasteiger partial charge in [-0.1, -0.05) is 79.7 Å². The molecule has 4 atom stereocenters. The third-order valence-corrected chi connectivity index (χ3v) is 13.6. The maximum absolute atomic E-state index is 16.5. The zero-order valence-corrected chi connectivity index (χ0v) is 32.5. The SMILES string of the molecule is C[C@@H]1[C@@H]([Si](C)(C)F)[C@H](CC(=O)N(CCO)Cc2ccccc2)O[C@@]12C(=O)N(Cc1ccc(N3N=C(c4ccccc4)CCC3=O)cc1)c1ccc([N+](=O)[O-])cc12. The topological polar surface area (TPSA) is 146 Å². The molecule has 7 rings (SSSR count). The molecule has 3 aliphatic heterocycles. The van der Waals surface area contributed by atoms with Crippen molar-refractivity contribution in [3.8, 4) is 0 Å². The average Bonchev–Trinajstić information content (AvgIpc) is 3.61. The van der Waals surface area contributed by atoms with Crippen molar-refractivity contribution < 1.29 is 33.3 Å². The average molecular weight is 778 g/mol. The third kappa shape index (κ3) is 7.27. The molecule has 14 heteroatoms. The summed E-state index contributed by atoms with van der Waals surface area (Å²) in [4.78, 5) is 56.3. The Labute approximate surface area is 325 Å². The Balaban J connectivity index is 1.19. The number of halogens is 1. The minimum absolute atomic E-state index is 0.0508. The number of nitro groups is 1. The number of carbonyl (C=O) groups is 3. The molecule has 3 amide bonds. The van der Waals surface area contributed by atoms with Gasteiger partial charge in [-0.15, -0.1) is 0 Å². The van der Waals surface area contributed by atoms with E-state index in [-0.39, 0.29) is 55.7 Å². The predicted molar refractivity (Wildman–Crippen MR) is 212 cm³/mol. The zero-order chi connectivity index (χ0) is 39.8. The first kappa shape index (κ1) is 38.7. The van der Waals surface area contributed by atoms with Crippen molar-refractivity contribution in [1.82, 2.24) is 4.90 Å². The largest absolute Gasteiger partial charge is 0.395 e. The summed E-state index contributed by atoms with van der Waals surface area (Å²) in [6.45, 7) is 4.83. The van der Waals surface area contributed by atoms with Gasteiger partial charge in [0, 0.05) is 55.1 Å². The summed E-state index contributed by atoms with van der Waals surface area (Å²) in [7, 11) is -3.67. The van der Waals surface area contributed by atoms with Gasteiger partial charge in [0.25, 0.3) is 11.6 Å². The molecule has 1 spiro atoms. The normalized spacial score (nSPS) is 22.0. The van der Waals surface area contributed by atoms with E-state index in [1.165, 1.54) is 46.1 Å². The van der Waals surface area contributed by atoms with E-state index in [1.54, 1.807) is 31.2 Å². The molecule has 12 nitrogen and oxygen atoms in total. The summed E-state index contributed by atoms with van der Waals surface area (Å²) in [6, 6.07) is 30.3. The van der Waals surface area contributed by atoms with Crippen molar-refractivity contribution in [3.63, 3.8) is 0 Å². The number of ether oxygens (including phenoxy) is 1. The smallest absolute Gasteiger partial charge is 0.269 e. The second kappa shape index (κ2) is 15.5. The summed E-state index contributed by atoms with van der Waals surface area (Å²) < 4.78 is 23.2. The lowest BCUT2D eigenvalue weighted by Gasteiger charge is -2.31. The van der Waals surface area contributed by atoms with Crippen molar-refractivity contribution in [2.75, 3.05) is 23.1 Å². The van der Waals surface area contributed by atoms with E-state index < -0.39 is 42.4 Å². The first-order chi connectivity index (χ1) is 26.8. The van der Waals surface area contributed by atoms with E-state index in [9.17, 15) is 29.6 Å². The summed E-state index contributed by atoms with van der Waals surface area (Å²) in [5.41, 5.74) is 1.65. The molecular weight excluding hydrogens is 734 g/mol. The van der Waals surface area contributed by atoms with Gasteiger partial charge in [0.1, 0.15) is 0 Å². The molecule has 3 aliphatic rings. The molecule has 3 heterocycles. The fourth-order valence-electron chi connectivity index (χ4n) is 8.54. The summed E-state index contributed by atoms with van der Waals surface area (Å²) in [5.74, 6) is -1.79. The number of amides is 3. The van der Waals surface area contributed by atoms with Crippen LogP contribution in [0.5, 0.6) is 0 Å².